The van der Waals surface area contributed by atoms with Crippen molar-refractivity contribution in [1.82, 2.24) is 0 Å². The van der Waals surface area contributed by atoms with Crippen LogP contribution in [0.3, 0.4) is 0 Å². The lowest BCUT2D eigenvalue weighted by Crippen LogP contribution is -2.17. The lowest BCUT2D eigenvalue weighted by Gasteiger charge is -2.19. The first-order chi connectivity index (χ1) is 16.5. The molecule has 0 aliphatic heterocycles. The molecule has 0 aliphatic rings. The maximum atomic E-state index is 12.5. The lowest BCUT2D eigenvalue weighted by atomic mass is 9.87. The number of alkyl halides is 3. The van der Waals surface area contributed by atoms with Gasteiger partial charge in [-0.3, -0.25) is 0 Å². The molecule has 0 bridgehead atoms. The van der Waals surface area contributed by atoms with Gasteiger partial charge in [0.15, 0.2) is 14.7 Å². The van der Waals surface area contributed by atoms with Crippen molar-refractivity contribution in [1.29, 1.82) is 0 Å². The summed E-state index contributed by atoms with van der Waals surface area (Å²) >= 11 is 0. The van der Waals surface area contributed by atoms with Crippen molar-refractivity contribution in [2.45, 2.75) is 42.3 Å². The van der Waals surface area contributed by atoms with Crippen LogP contribution in [0.2, 0.25) is 0 Å². The van der Waals surface area contributed by atoms with Crippen molar-refractivity contribution in [2.24, 2.45) is 0 Å². The second-order valence-corrected chi connectivity index (χ2v) is 10.7. The first-order valence-electron chi connectivity index (χ1n) is 10.9. The second-order valence-electron chi connectivity index (χ2n) is 8.68. The Balaban J connectivity index is 1.87. The number of hydrogen-bond acceptors (Lipinski definition) is 2. The van der Waals surface area contributed by atoms with Crippen LogP contribution in [0.15, 0.2) is 119 Å². The zero-order valence-corrected chi connectivity index (χ0v) is 20.7. The minimum absolute atomic E-state index is 0.0645. The van der Waals surface area contributed by atoms with E-state index in [4.69, 9.17) is 4.74 Å². The third kappa shape index (κ3) is 7.30. The normalized spacial score (nSPS) is 13.1. The van der Waals surface area contributed by atoms with Crippen molar-refractivity contribution in [2.75, 3.05) is 0 Å². The molecule has 1 unspecified atom stereocenters. The molecule has 35 heavy (non-hydrogen) atoms. The summed E-state index contributed by atoms with van der Waals surface area (Å²) in [6, 6.07) is 21.6. The van der Waals surface area contributed by atoms with Crippen LogP contribution < -0.4 is 9.47 Å². The highest BCUT2D eigenvalue weighted by molar-refractivity contribution is 8.00. The van der Waals surface area contributed by atoms with Crippen LogP contribution in [0.1, 0.15) is 26.3 Å². The van der Waals surface area contributed by atoms with E-state index in [9.17, 15) is 13.2 Å². The summed E-state index contributed by atoms with van der Waals surface area (Å²) in [4.78, 5) is 2.66. The molecule has 0 saturated heterocycles. The average molecular weight is 498 g/mol. The molecule has 182 valence electrons. The van der Waals surface area contributed by atoms with Crippen LogP contribution in [0.25, 0.3) is 0 Å². The molecule has 0 heterocycles. The molecular weight excluding hydrogens is 469 g/mol. The van der Waals surface area contributed by atoms with Gasteiger partial charge < -0.3 is 9.47 Å². The van der Waals surface area contributed by atoms with E-state index in [-0.39, 0.29) is 11.2 Å². The summed E-state index contributed by atoms with van der Waals surface area (Å²) in [6.45, 7) is 14.2. The molecule has 0 amide bonds. The van der Waals surface area contributed by atoms with Gasteiger partial charge in [0, 0.05) is 0 Å². The van der Waals surface area contributed by atoms with Gasteiger partial charge in [0.1, 0.15) is 17.2 Å². The third-order valence-corrected chi connectivity index (χ3v) is 7.29. The lowest BCUT2D eigenvalue weighted by molar-refractivity contribution is -0.274. The maximum absolute atomic E-state index is 12.5. The van der Waals surface area contributed by atoms with Crippen LogP contribution in [0.4, 0.5) is 13.2 Å². The van der Waals surface area contributed by atoms with Crippen molar-refractivity contribution < 1.29 is 22.6 Å². The fraction of sp³-hybridized carbons (Fsp3) is 0.172. The van der Waals surface area contributed by atoms with Crippen LogP contribution in [0.5, 0.6) is 17.2 Å². The molecule has 6 heteroatoms. The van der Waals surface area contributed by atoms with E-state index in [1.54, 1.807) is 24.3 Å². The highest BCUT2D eigenvalue weighted by Gasteiger charge is 2.33. The monoisotopic (exact) mass is 497 g/mol. The van der Waals surface area contributed by atoms with E-state index in [1.807, 2.05) is 42.5 Å². The van der Waals surface area contributed by atoms with Gasteiger partial charge in [-0.05, 0) is 83.8 Å². The Labute approximate surface area is 207 Å². The molecule has 0 aliphatic carbocycles. The Morgan fingerprint density at radius 3 is 1.60 bits per heavy atom. The number of benzene rings is 3. The Morgan fingerprint density at radius 2 is 1.20 bits per heavy atom. The summed E-state index contributed by atoms with van der Waals surface area (Å²) in [5, 5.41) is 0. The first-order valence-corrected chi connectivity index (χ1v) is 12.2. The number of ether oxygens (including phenoxy) is 2. The topological polar surface area (TPSA) is 18.5 Å². The second kappa shape index (κ2) is 10.9. The van der Waals surface area contributed by atoms with Crippen LogP contribution >= 0.6 is 0 Å². The Hall–Kier alpha value is -3.38. The highest BCUT2D eigenvalue weighted by Crippen LogP contribution is 2.35. The summed E-state index contributed by atoms with van der Waals surface area (Å²) in [5.41, 5.74) is 1.29. The number of hydrogen-bond donors (Lipinski definition) is 0. The van der Waals surface area contributed by atoms with E-state index in [2.05, 4.69) is 50.8 Å². The van der Waals surface area contributed by atoms with Crippen molar-refractivity contribution in [3.05, 3.63) is 115 Å². The summed E-state index contributed by atoms with van der Waals surface area (Å²) < 4.78 is 47.7. The molecular formula is C29H28F3O2S+. The van der Waals surface area contributed by atoms with Crippen molar-refractivity contribution in [3.8, 4) is 17.2 Å². The van der Waals surface area contributed by atoms with E-state index in [1.165, 1.54) is 17.7 Å². The quantitative estimate of drug-likeness (QED) is 0.228. The van der Waals surface area contributed by atoms with Gasteiger partial charge in [0.05, 0.1) is 10.9 Å². The van der Waals surface area contributed by atoms with Gasteiger partial charge in [-0.2, -0.15) is 0 Å². The molecule has 3 aromatic rings. The Kier molecular flexibility index (Phi) is 8.18. The molecule has 0 radical (unpaired) electrons. The van der Waals surface area contributed by atoms with Gasteiger partial charge in [0.2, 0.25) is 0 Å². The maximum Gasteiger partial charge on any atom is 0.573 e. The molecule has 0 spiro atoms. The highest BCUT2D eigenvalue weighted by atomic mass is 32.2. The van der Waals surface area contributed by atoms with E-state index >= 15 is 0 Å². The Bertz CT molecular complexity index is 1170. The summed E-state index contributed by atoms with van der Waals surface area (Å²) in [6.07, 6.45) is 0.502. The smallest absolute Gasteiger partial charge is 0.457 e. The van der Waals surface area contributed by atoms with Crippen LogP contribution in [0, 0.1) is 0 Å². The zero-order chi connectivity index (χ0) is 25.6. The molecule has 1 atom stereocenters. The predicted octanol–water partition coefficient (Wildman–Crippen LogP) is 8.97. The molecule has 0 aromatic heterocycles. The predicted molar refractivity (Wildman–Crippen MR) is 137 cm³/mol. The van der Waals surface area contributed by atoms with Crippen LogP contribution in [-0.4, -0.2) is 6.36 Å². The van der Waals surface area contributed by atoms with Gasteiger partial charge in [0.25, 0.3) is 0 Å². The molecule has 0 fully saturated rings. The van der Waals surface area contributed by atoms with E-state index in [0.717, 1.165) is 20.4 Å². The molecule has 0 saturated carbocycles. The third-order valence-electron chi connectivity index (χ3n) is 5.03. The van der Waals surface area contributed by atoms with Gasteiger partial charge in [-0.1, -0.05) is 52.1 Å². The van der Waals surface area contributed by atoms with E-state index < -0.39 is 17.3 Å². The van der Waals surface area contributed by atoms with Gasteiger partial charge in [-0.15, -0.1) is 13.2 Å². The van der Waals surface area contributed by atoms with Gasteiger partial charge >= 0.3 is 6.36 Å². The zero-order valence-electron chi connectivity index (χ0n) is 19.9. The molecule has 2 nitrogen and oxygen atoms in total. The summed E-state index contributed by atoms with van der Waals surface area (Å²) in [5.74, 6) is 1.16. The van der Waals surface area contributed by atoms with Crippen molar-refractivity contribution >= 4 is 10.9 Å². The minimum atomic E-state index is -4.73. The molecule has 3 aromatic carbocycles. The molecule has 3 rings (SSSR count). The number of halogens is 3. The largest absolute Gasteiger partial charge is 0.573 e. The number of allylic oxidation sites excluding steroid dienone is 3. The standard InChI is InChI=1S/C29H28F3O2S/c1-6-8-25(7-2)35(27-19-15-24(16-20-27)34-29(30,31)32)26-17-13-23(14-18-26)33-22-11-9-21(10-12-22)28(3,4)5/h6-20H,1-2H2,3-5H3/q+1/b25-8+. The average Bonchev–Trinajstić information content (AvgIpc) is 2.79. The number of rotatable bonds is 8. The fourth-order valence-electron chi connectivity index (χ4n) is 3.32. The SMILES string of the molecule is C=C/C=C(\C=C)[S+](c1ccc(Oc2ccc(C(C)(C)C)cc2)cc1)c1ccc(OC(F)(F)F)cc1. The van der Waals surface area contributed by atoms with E-state index in [0.29, 0.717) is 5.75 Å². The van der Waals surface area contributed by atoms with Crippen molar-refractivity contribution in [3.63, 3.8) is 0 Å². The minimum Gasteiger partial charge on any atom is -0.457 e. The fourth-order valence-corrected chi connectivity index (χ4v) is 5.36. The van der Waals surface area contributed by atoms with Gasteiger partial charge in [-0.25, -0.2) is 0 Å². The summed E-state index contributed by atoms with van der Waals surface area (Å²) in [7, 11) is -0.609. The molecule has 0 N–H and O–H groups in total. The first kappa shape index (κ1) is 26.2. The Morgan fingerprint density at radius 1 is 0.743 bits per heavy atom. The van der Waals surface area contributed by atoms with Crippen LogP contribution in [-0.2, 0) is 16.3 Å².